The third-order valence-electron chi connectivity index (χ3n) is 3.50. The highest BCUT2D eigenvalue weighted by Gasteiger charge is 2.16. The maximum atomic E-state index is 5.78. The highest BCUT2D eigenvalue weighted by Crippen LogP contribution is 2.13. The Balaban J connectivity index is 1.70. The molecule has 0 amide bonds. The molecule has 19 heavy (non-hydrogen) atoms. The molecule has 0 saturated heterocycles. The lowest BCUT2D eigenvalue weighted by molar-refractivity contribution is 0.202. The van der Waals surface area contributed by atoms with Gasteiger partial charge in [-0.05, 0) is 37.5 Å². The Morgan fingerprint density at radius 2 is 2.32 bits per heavy atom. The highest BCUT2D eigenvalue weighted by molar-refractivity contribution is 5.27. The summed E-state index contributed by atoms with van der Waals surface area (Å²) in [6.07, 6.45) is 6.63. The van der Waals surface area contributed by atoms with Crippen LogP contribution < -0.4 is 10.5 Å². The summed E-state index contributed by atoms with van der Waals surface area (Å²) in [6.45, 7) is 5.72. The van der Waals surface area contributed by atoms with E-state index < -0.39 is 0 Å². The normalized spacial score (nSPS) is 19.6. The molecule has 3 heteroatoms. The van der Waals surface area contributed by atoms with Gasteiger partial charge < -0.3 is 10.5 Å². The molecule has 1 aliphatic rings. The summed E-state index contributed by atoms with van der Waals surface area (Å²) >= 11 is 0. The maximum Gasteiger partial charge on any atom is 0.119 e. The third kappa shape index (κ3) is 4.37. The first-order chi connectivity index (χ1) is 9.29. The number of benzene rings is 1. The molecule has 0 aliphatic carbocycles. The van der Waals surface area contributed by atoms with E-state index >= 15 is 0 Å². The van der Waals surface area contributed by atoms with E-state index in [-0.39, 0.29) is 0 Å². The molecule has 0 bridgehead atoms. The fourth-order valence-corrected chi connectivity index (χ4v) is 2.45. The van der Waals surface area contributed by atoms with Gasteiger partial charge in [-0.15, -0.1) is 0 Å². The number of aryl methyl sites for hydroxylation is 1. The van der Waals surface area contributed by atoms with E-state index in [1.165, 1.54) is 5.56 Å². The molecular weight excluding hydrogens is 236 g/mol. The van der Waals surface area contributed by atoms with Crippen molar-refractivity contribution >= 4 is 0 Å². The van der Waals surface area contributed by atoms with Gasteiger partial charge in [-0.1, -0.05) is 24.3 Å². The van der Waals surface area contributed by atoms with Crippen LogP contribution in [0.4, 0.5) is 0 Å². The highest BCUT2D eigenvalue weighted by atomic mass is 16.5. The van der Waals surface area contributed by atoms with Crippen LogP contribution in [0, 0.1) is 6.92 Å². The van der Waals surface area contributed by atoms with Crippen LogP contribution in [0.2, 0.25) is 0 Å². The predicted molar refractivity (Wildman–Crippen MR) is 79.5 cm³/mol. The fraction of sp³-hybridized carbons (Fsp3) is 0.500. The van der Waals surface area contributed by atoms with Gasteiger partial charge in [0.1, 0.15) is 5.75 Å². The summed E-state index contributed by atoms with van der Waals surface area (Å²) in [7, 11) is 0. The van der Waals surface area contributed by atoms with Crippen LogP contribution in [0.25, 0.3) is 0 Å². The first-order valence-corrected chi connectivity index (χ1v) is 7.10. The quantitative estimate of drug-likeness (QED) is 0.630. The second kappa shape index (κ2) is 7.31. The molecule has 0 saturated carbocycles. The Morgan fingerprint density at radius 3 is 3.11 bits per heavy atom. The fourth-order valence-electron chi connectivity index (χ4n) is 2.45. The lowest BCUT2D eigenvalue weighted by Crippen LogP contribution is -2.42. The summed E-state index contributed by atoms with van der Waals surface area (Å²) < 4.78 is 5.77. The zero-order chi connectivity index (χ0) is 13.5. The Hall–Kier alpha value is -1.32. The van der Waals surface area contributed by atoms with E-state index in [0.717, 1.165) is 38.3 Å². The van der Waals surface area contributed by atoms with Gasteiger partial charge in [0.2, 0.25) is 0 Å². The standard InChI is InChI=1S/C16H24N2O/c1-14-6-4-8-16(12-14)19-11-5-10-18-9-3-2-7-15(18)13-17/h2,4,6-8,12,15H,3,5,9-11,13,17H2,1H3. The lowest BCUT2D eigenvalue weighted by Gasteiger charge is -2.31. The van der Waals surface area contributed by atoms with Gasteiger partial charge in [-0.3, -0.25) is 4.90 Å². The molecule has 104 valence electrons. The summed E-state index contributed by atoms with van der Waals surface area (Å²) in [4.78, 5) is 2.44. The lowest BCUT2D eigenvalue weighted by atomic mass is 10.1. The largest absolute Gasteiger partial charge is 0.494 e. The minimum Gasteiger partial charge on any atom is -0.494 e. The van der Waals surface area contributed by atoms with Crippen molar-refractivity contribution in [1.29, 1.82) is 0 Å². The smallest absolute Gasteiger partial charge is 0.119 e. The van der Waals surface area contributed by atoms with E-state index in [4.69, 9.17) is 10.5 Å². The molecule has 1 atom stereocenters. The van der Waals surface area contributed by atoms with Crippen LogP contribution in [0.15, 0.2) is 36.4 Å². The van der Waals surface area contributed by atoms with Crippen molar-refractivity contribution in [3.8, 4) is 5.75 Å². The molecule has 1 unspecified atom stereocenters. The molecule has 1 heterocycles. The van der Waals surface area contributed by atoms with Gasteiger partial charge in [-0.2, -0.15) is 0 Å². The molecule has 3 nitrogen and oxygen atoms in total. The van der Waals surface area contributed by atoms with Crippen molar-refractivity contribution in [1.82, 2.24) is 4.90 Å². The van der Waals surface area contributed by atoms with Crippen LogP contribution in [-0.2, 0) is 0 Å². The van der Waals surface area contributed by atoms with Crippen molar-refractivity contribution < 1.29 is 4.74 Å². The Bertz CT molecular complexity index is 417. The van der Waals surface area contributed by atoms with Crippen LogP contribution in [0.3, 0.4) is 0 Å². The Kier molecular flexibility index (Phi) is 5.43. The Labute approximate surface area is 116 Å². The van der Waals surface area contributed by atoms with Crippen molar-refractivity contribution in [2.75, 3.05) is 26.2 Å². The van der Waals surface area contributed by atoms with Crippen LogP contribution in [0.1, 0.15) is 18.4 Å². The molecule has 0 fully saturated rings. The summed E-state index contributed by atoms with van der Waals surface area (Å²) in [6, 6.07) is 8.61. The molecule has 0 spiro atoms. The van der Waals surface area contributed by atoms with E-state index in [9.17, 15) is 0 Å². The van der Waals surface area contributed by atoms with Crippen molar-refractivity contribution in [3.05, 3.63) is 42.0 Å². The summed E-state index contributed by atoms with van der Waals surface area (Å²) in [5, 5.41) is 0. The second-order valence-electron chi connectivity index (χ2n) is 5.07. The molecular formula is C16H24N2O. The zero-order valence-corrected chi connectivity index (χ0v) is 11.7. The van der Waals surface area contributed by atoms with Gasteiger partial charge in [-0.25, -0.2) is 0 Å². The number of nitrogens with two attached hydrogens (primary N) is 1. The minimum atomic E-state index is 0.410. The molecule has 1 aliphatic heterocycles. The first kappa shape index (κ1) is 14.1. The molecule has 0 aromatic heterocycles. The van der Waals surface area contributed by atoms with Crippen molar-refractivity contribution in [3.63, 3.8) is 0 Å². The second-order valence-corrected chi connectivity index (χ2v) is 5.07. The zero-order valence-electron chi connectivity index (χ0n) is 11.7. The van der Waals surface area contributed by atoms with E-state index in [2.05, 4.69) is 36.1 Å². The van der Waals surface area contributed by atoms with Gasteiger partial charge in [0, 0.05) is 25.7 Å². The van der Waals surface area contributed by atoms with Crippen molar-refractivity contribution in [2.45, 2.75) is 25.8 Å². The van der Waals surface area contributed by atoms with Crippen LogP contribution >= 0.6 is 0 Å². The predicted octanol–water partition coefficient (Wildman–Crippen LogP) is 2.35. The summed E-state index contributed by atoms with van der Waals surface area (Å²) in [5.74, 6) is 0.967. The minimum absolute atomic E-state index is 0.410. The first-order valence-electron chi connectivity index (χ1n) is 7.10. The van der Waals surface area contributed by atoms with Crippen LogP contribution in [0.5, 0.6) is 5.75 Å². The monoisotopic (exact) mass is 260 g/mol. The topological polar surface area (TPSA) is 38.5 Å². The number of hydrogen-bond donors (Lipinski definition) is 1. The maximum absolute atomic E-state index is 5.78. The molecule has 0 radical (unpaired) electrons. The van der Waals surface area contributed by atoms with Gasteiger partial charge >= 0.3 is 0 Å². The van der Waals surface area contributed by atoms with Crippen molar-refractivity contribution in [2.24, 2.45) is 5.73 Å². The summed E-state index contributed by atoms with van der Waals surface area (Å²) in [5.41, 5.74) is 7.02. The third-order valence-corrected chi connectivity index (χ3v) is 3.50. The average molecular weight is 260 g/mol. The number of ether oxygens (including phenoxy) is 1. The van der Waals surface area contributed by atoms with E-state index in [1.54, 1.807) is 0 Å². The number of hydrogen-bond acceptors (Lipinski definition) is 3. The van der Waals surface area contributed by atoms with Crippen LogP contribution in [-0.4, -0.2) is 37.2 Å². The molecule has 1 aromatic rings. The number of nitrogens with zero attached hydrogens (tertiary/aromatic N) is 1. The van der Waals surface area contributed by atoms with Gasteiger partial charge in [0.25, 0.3) is 0 Å². The van der Waals surface area contributed by atoms with E-state index in [1.807, 2.05) is 12.1 Å². The van der Waals surface area contributed by atoms with Gasteiger partial charge in [0.15, 0.2) is 0 Å². The molecule has 1 aromatic carbocycles. The number of rotatable bonds is 6. The van der Waals surface area contributed by atoms with Gasteiger partial charge in [0.05, 0.1) is 6.61 Å². The SMILES string of the molecule is Cc1cccc(OCCCN2CCC=CC2CN)c1. The Morgan fingerprint density at radius 1 is 1.42 bits per heavy atom. The van der Waals surface area contributed by atoms with E-state index in [0.29, 0.717) is 12.6 Å². The molecule has 2 rings (SSSR count). The average Bonchev–Trinajstić information content (AvgIpc) is 2.44. The molecule has 2 N–H and O–H groups in total.